The molecule has 4 heteroatoms. The van der Waals surface area contributed by atoms with Crippen molar-refractivity contribution in [1.82, 2.24) is 4.98 Å². The minimum Gasteiger partial charge on any atom is -0.478 e. The van der Waals surface area contributed by atoms with E-state index in [2.05, 4.69) is 4.98 Å². The number of thiophene rings is 1. The molecule has 0 amide bonds. The summed E-state index contributed by atoms with van der Waals surface area (Å²) in [5.41, 5.74) is 2.66. The number of aryl methyl sites for hydroxylation is 1. The van der Waals surface area contributed by atoms with Crippen LogP contribution in [0.15, 0.2) is 29.1 Å². The minimum absolute atomic E-state index is 0.263. The number of rotatable bonds is 2. The average Bonchev–Trinajstić information content (AvgIpc) is 2.71. The molecule has 15 heavy (non-hydrogen) atoms. The molecule has 2 aromatic heterocycles. The Bertz CT molecular complexity index is 491. The minimum atomic E-state index is -0.933. The molecular weight excluding hydrogens is 210 g/mol. The zero-order valence-electron chi connectivity index (χ0n) is 8.10. The van der Waals surface area contributed by atoms with E-state index in [-0.39, 0.29) is 5.56 Å². The summed E-state index contributed by atoms with van der Waals surface area (Å²) in [6.45, 7) is 1.70. The smallest absolute Gasteiger partial charge is 0.337 e. The average molecular weight is 219 g/mol. The van der Waals surface area contributed by atoms with Gasteiger partial charge in [-0.2, -0.15) is 11.3 Å². The Morgan fingerprint density at radius 1 is 1.47 bits per heavy atom. The molecule has 2 rings (SSSR count). The van der Waals surface area contributed by atoms with Crippen LogP contribution in [0.1, 0.15) is 16.1 Å². The van der Waals surface area contributed by atoms with Crippen LogP contribution in [0.3, 0.4) is 0 Å². The van der Waals surface area contributed by atoms with Crippen LogP contribution in [-0.4, -0.2) is 16.1 Å². The molecule has 0 fully saturated rings. The van der Waals surface area contributed by atoms with Gasteiger partial charge in [-0.3, -0.25) is 4.98 Å². The second-order valence-electron chi connectivity index (χ2n) is 3.17. The fraction of sp³-hybridized carbons (Fsp3) is 0.0909. The number of nitrogens with zero attached hydrogens (tertiary/aromatic N) is 1. The van der Waals surface area contributed by atoms with Crippen molar-refractivity contribution in [2.75, 3.05) is 0 Å². The molecule has 1 N–H and O–H groups in total. The normalized spacial score (nSPS) is 10.2. The molecule has 0 saturated carbocycles. The topological polar surface area (TPSA) is 50.2 Å². The SMILES string of the molecule is Cc1ncc(-c2ccsc2)cc1C(=O)O. The van der Waals surface area contributed by atoms with E-state index in [4.69, 9.17) is 5.11 Å². The van der Waals surface area contributed by atoms with Gasteiger partial charge in [0.05, 0.1) is 11.3 Å². The van der Waals surface area contributed by atoms with Crippen LogP contribution < -0.4 is 0 Å². The lowest BCUT2D eigenvalue weighted by Crippen LogP contribution is -2.01. The molecule has 0 aliphatic rings. The van der Waals surface area contributed by atoms with Gasteiger partial charge >= 0.3 is 5.97 Å². The van der Waals surface area contributed by atoms with Crippen molar-refractivity contribution in [3.8, 4) is 11.1 Å². The molecule has 3 nitrogen and oxygen atoms in total. The Hall–Kier alpha value is -1.68. The molecular formula is C11H9NO2S. The number of hydrogen-bond donors (Lipinski definition) is 1. The van der Waals surface area contributed by atoms with Gasteiger partial charge in [0.1, 0.15) is 0 Å². The molecule has 0 atom stereocenters. The van der Waals surface area contributed by atoms with Crippen LogP contribution in [-0.2, 0) is 0 Å². The number of carbonyl (C=O) groups is 1. The number of hydrogen-bond acceptors (Lipinski definition) is 3. The van der Waals surface area contributed by atoms with E-state index < -0.39 is 5.97 Å². The van der Waals surface area contributed by atoms with Gasteiger partial charge in [-0.25, -0.2) is 4.79 Å². The van der Waals surface area contributed by atoms with Gasteiger partial charge in [0, 0.05) is 11.8 Å². The molecule has 0 saturated heterocycles. The first kappa shape index (κ1) is 9.86. The summed E-state index contributed by atoms with van der Waals surface area (Å²) in [6, 6.07) is 3.61. The molecule has 2 heterocycles. The molecule has 0 aliphatic heterocycles. The third-order valence-electron chi connectivity index (χ3n) is 2.17. The number of aromatic carboxylic acids is 1. The third-order valence-corrected chi connectivity index (χ3v) is 2.86. The van der Waals surface area contributed by atoms with Gasteiger partial charge in [-0.05, 0) is 35.4 Å². The van der Waals surface area contributed by atoms with Gasteiger partial charge in [-0.1, -0.05) is 0 Å². The monoisotopic (exact) mass is 219 g/mol. The van der Waals surface area contributed by atoms with Crippen LogP contribution in [0.2, 0.25) is 0 Å². The summed E-state index contributed by atoms with van der Waals surface area (Å²) in [7, 11) is 0. The van der Waals surface area contributed by atoms with Crippen molar-refractivity contribution in [3.63, 3.8) is 0 Å². The van der Waals surface area contributed by atoms with E-state index in [0.29, 0.717) is 5.69 Å². The fourth-order valence-electron chi connectivity index (χ4n) is 1.34. The first-order valence-corrected chi connectivity index (χ1v) is 5.35. The maximum absolute atomic E-state index is 10.9. The van der Waals surface area contributed by atoms with Crippen LogP contribution in [0.4, 0.5) is 0 Å². The molecule has 76 valence electrons. The zero-order chi connectivity index (χ0) is 10.8. The van der Waals surface area contributed by atoms with E-state index in [0.717, 1.165) is 11.1 Å². The zero-order valence-corrected chi connectivity index (χ0v) is 8.91. The lowest BCUT2D eigenvalue weighted by atomic mass is 10.1. The summed E-state index contributed by atoms with van der Waals surface area (Å²) in [5.74, 6) is -0.933. The number of pyridine rings is 1. The Morgan fingerprint density at radius 2 is 2.27 bits per heavy atom. The van der Waals surface area contributed by atoms with Gasteiger partial charge in [0.2, 0.25) is 0 Å². The number of aromatic nitrogens is 1. The lowest BCUT2D eigenvalue weighted by Gasteiger charge is -2.02. The van der Waals surface area contributed by atoms with Crippen LogP contribution in [0, 0.1) is 6.92 Å². The highest BCUT2D eigenvalue weighted by Crippen LogP contribution is 2.23. The van der Waals surface area contributed by atoms with Gasteiger partial charge in [0.25, 0.3) is 0 Å². The van der Waals surface area contributed by atoms with Crippen LogP contribution >= 0.6 is 11.3 Å². The molecule has 0 aromatic carbocycles. The molecule has 0 unspecified atom stereocenters. The van der Waals surface area contributed by atoms with Crippen molar-refractivity contribution in [2.24, 2.45) is 0 Å². The van der Waals surface area contributed by atoms with Crippen molar-refractivity contribution in [2.45, 2.75) is 6.92 Å². The highest BCUT2D eigenvalue weighted by atomic mass is 32.1. The van der Waals surface area contributed by atoms with Crippen LogP contribution in [0.25, 0.3) is 11.1 Å². The van der Waals surface area contributed by atoms with E-state index in [1.165, 1.54) is 0 Å². The summed E-state index contributed by atoms with van der Waals surface area (Å²) >= 11 is 1.58. The molecule has 2 aromatic rings. The second-order valence-corrected chi connectivity index (χ2v) is 3.95. The number of carboxylic acids is 1. The summed E-state index contributed by atoms with van der Waals surface area (Å²) < 4.78 is 0. The van der Waals surface area contributed by atoms with Gasteiger partial charge in [-0.15, -0.1) is 0 Å². The van der Waals surface area contributed by atoms with E-state index in [1.54, 1.807) is 30.5 Å². The highest BCUT2D eigenvalue weighted by molar-refractivity contribution is 7.08. The predicted molar refractivity (Wildman–Crippen MR) is 59.2 cm³/mol. The van der Waals surface area contributed by atoms with Crippen molar-refractivity contribution in [1.29, 1.82) is 0 Å². The summed E-state index contributed by atoms with van der Waals surface area (Å²) in [6.07, 6.45) is 1.70. The largest absolute Gasteiger partial charge is 0.478 e. The van der Waals surface area contributed by atoms with Gasteiger partial charge in [0.15, 0.2) is 0 Å². The first-order valence-electron chi connectivity index (χ1n) is 4.41. The van der Waals surface area contributed by atoms with Crippen LogP contribution in [0.5, 0.6) is 0 Å². The molecule has 0 spiro atoms. The Kier molecular flexibility index (Phi) is 2.51. The highest BCUT2D eigenvalue weighted by Gasteiger charge is 2.09. The predicted octanol–water partition coefficient (Wildman–Crippen LogP) is 2.82. The summed E-state index contributed by atoms with van der Waals surface area (Å²) in [4.78, 5) is 15.0. The second kappa shape index (κ2) is 3.82. The van der Waals surface area contributed by atoms with Crippen molar-refractivity contribution >= 4 is 17.3 Å². The lowest BCUT2D eigenvalue weighted by molar-refractivity contribution is 0.0695. The van der Waals surface area contributed by atoms with E-state index in [1.807, 2.05) is 16.8 Å². The Morgan fingerprint density at radius 3 is 2.87 bits per heavy atom. The first-order chi connectivity index (χ1) is 7.18. The molecule has 0 bridgehead atoms. The van der Waals surface area contributed by atoms with E-state index >= 15 is 0 Å². The third kappa shape index (κ3) is 1.89. The number of carboxylic acid groups (broad SMARTS) is 1. The Labute approximate surface area is 91.0 Å². The quantitative estimate of drug-likeness (QED) is 0.844. The molecule has 0 aliphatic carbocycles. The van der Waals surface area contributed by atoms with Crippen molar-refractivity contribution in [3.05, 3.63) is 40.3 Å². The maximum atomic E-state index is 10.9. The van der Waals surface area contributed by atoms with Crippen molar-refractivity contribution < 1.29 is 9.90 Å². The molecule has 0 radical (unpaired) electrons. The van der Waals surface area contributed by atoms with E-state index in [9.17, 15) is 4.79 Å². The van der Waals surface area contributed by atoms with Gasteiger partial charge < -0.3 is 5.11 Å². The Balaban J connectivity index is 2.52. The standard InChI is InChI=1S/C11H9NO2S/c1-7-10(11(13)14)4-9(5-12-7)8-2-3-15-6-8/h2-6H,1H3,(H,13,14). The summed E-state index contributed by atoms with van der Waals surface area (Å²) in [5, 5.41) is 12.9. The maximum Gasteiger partial charge on any atom is 0.337 e. The fourth-order valence-corrected chi connectivity index (χ4v) is 2.00.